The lowest BCUT2D eigenvalue weighted by Gasteiger charge is -2.29. The molecule has 0 radical (unpaired) electrons. The number of methoxy groups -OCH3 is 1. The van der Waals surface area contributed by atoms with E-state index in [1.54, 1.807) is 36.3 Å². The lowest BCUT2D eigenvalue weighted by atomic mass is 10.2. The van der Waals surface area contributed by atoms with Gasteiger partial charge in [-0.1, -0.05) is 31.3 Å². The molecule has 39 heavy (non-hydrogen) atoms. The largest absolute Gasteiger partial charge is 0.497 e. The Balaban J connectivity index is 1.50. The Morgan fingerprint density at radius 1 is 1.23 bits per heavy atom. The minimum absolute atomic E-state index is 0.137. The van der Waals surface area contributed by atoms with E-state index >= 15 is 0 Å². The van der Waals surface area contributed by atoms with Gasteiger partial charge in [-0.2, -0.15) is 0 Å². The van der Waals surface area contributed by atoms with Crippen LogP contribution < -0.4 is 20.3 Å². The van der Waals surface area contributed by atoms with E-state index in [0.29, 0.717) is 31.2 Å². The average Bonchev–Trinajstić information content (AvgIpc) is 3.33. The molecule has 4 rings (SSSR count). The third-order valence-electron chi connectivity index (χ3n) is 6.03. The van der Waals surface area contributed by atoms with Crippen molar-refractivity contribution in [2.75, 3.05) is 55.6 Å². The maximum Gasteiger partial charge on any atom is 0.411 e. The summed E-state index contributed by atoms with van der Waals surface area (Å²) in [5.41, 5.74) is 4.72. The highest BCUT2D eigenvalue weighted by Crippen LogP contribution is 2.31. The number of amides is 1. The summed E-state index contributed by atoms with van der Waals surface area (Å²) in [6, 6.07) is 9.78. The lowest BCUT2D eigenvalue weighted by Crippen LogP contribution is -2.36. The summed E-state index contributed by atoms with van der Waals surface area (Å²) in [5, 5.41) is 6.20. The molecular weight excluding hydrogens is 534 g/mol. The molecule has 1 saturated heterocycles. The summed E-state index contributed by atoms with van der Waals surface area (Å²) in [4.78, 5) is 25.3. The van der Waals surface area contributed by atoms with Crippen molar-refractivity contribution >= 4 is 46.4 Å². The van der Waals surface area contributed by atoms with E-state index in [1.807, 2.05) is 12.1 Å². The Labute approximate surface area is 238 Å². The second-order valence-corrected chi connectivity index (χ2v) is 11.2. The number of carbonyl (C=O) groups is 1. The molecule has 1 aliphatic rings. The molecular formula is C28H35N5O4S2. The number of thiazole rings is 1. The number of morpholine rings is 1. The zero-order valence-electron chi connectivity index (χ0n) is 22.6. The van der Waals surface area contributed by atoms with Gasteiger partial charge < -0.3 is 24.4 Å². The number of nitrogens with zero attached hydrogens (tertiary/aromatic N) is 3. The summed E-state index contributed by atoms with van der Waals surface area (Å²) < 4.78 is 17.1. The molecule has 2 aromatic heterocycles. The van der Waals surface area contributed by atoms with Crippen molar-refractivity contribution in [3.8, 4) is 5.75 Å². The molecule has 1 aliphatic heterocycles. The first-order chi connectivity index (χ1) is 19.0. The highest BCUT2D eigenvalue weighted by molar-refractivity contribution is 8.00. The van der Waals surface area contributed by atoms with Crippen LogP contribution in [0.2, 0.25) is 0 Å². The van der Waals surface area contributed by atoms with Gasteiger partial charge in [-0.05, 0) is 37.1 Å². The van der Waals surface area contributed by atoms with Gasteiger partial charge in [0.25, 0.3) is 0 Å². The number of hydrogen-bond donors (Lipinski definition) is 2. The zero-order valence-corrected chi connectivity index (χ0v) is 24.3. The summed E-state index contributed by atoms with van der Waals surface area (Å²) in [6.07, 6.45) is 1.97. The first kappa shape index (κ1) is 28.7. The van der Waals surface area contributed by atoms with E-state index < -0.39 is 6.09 Å². The van der Waals surface area contributed by atoms with Crippen molar-refractivity contribution < 1.29 is 19.0 Å². The number of benzene rings is 1. The van der Waals surface area contributed by atoms with Gasteiger partial charge in [0.05, 0.1) is 31.7 Å². The van der Waals surface area contributed by atoms with Crippen LogP contribution in [0, 0.1) is 6.92 Å². The topological polar surface area (TPSA) is 97.8 Å². The fraction of sp³-hybridized carbons (Fsp3) is 0.393. The minimum Gasteiger partial charge on any atom is -0.497 e. The van der Waals surface area contributed by atoms with Crippen LogP contribution in [0.5, 0.6) is 5.75 Å². The Morgan fingerprint density at radius 3 is 2.77 bits per heavy atom. The van der Waals surface area contributed by atoms with Gasteiger partial charge in [-0.3, -0.25) is 5.32 Å². The normalized spacial score (nSPS) is 13.2. The molecule has 0 spiro atoms. The van der Waals surface area contributed by atoms with E-state index in [-0.39, 0.29) is 6.61 Å². The third kappa shape index (κ3) is 8.35. The molecule has 2 N–H and O–H groups in total. The number of rotatable bonds is 12. The Kier molecular flexibility index (Phi) is 10.5. The average molecular weight is 570 g/mol. The first-order valence-electron chi connectivity index (χ1n) is 12.9. The molecule has 0 unspecified atom stereocenters. The van der Waals surface area contributed by atoms with Crippen molar-refractivity contribution in [1.29, 1.82) is 0 Å². The van der Waals surface area contributed by atoms with Gasteiger partial charge in [0.2, 0.25) is 0 Å². The molecule has 0 atom stereocenters. The summed E-state index contributed by atoms with van der Waals surface area (Å²) in [6.45, 7) is 11.5. The van der Waals surface area contributed by atoms with Crippen LogP contribution in [0.3, 0.4) is 0 Å². The Bertz CT molecular complexity index is 1280. The molecule has 0 saturated carbocycles. The molecule has 1 aromatic carbocycles. The van der Waals surface area contributed by atoms with Gasteiger partial charge in [0.15, 0.2) is 4.34 Å². The molecule has 3 heterocycles. The number of ether oxygens (including phenoxy) is 3. The summed E-state index contributed by atoms with van der Waals surface area (Å²) in [5.74, 6) is 2.13. The fourth-order valence-electron chi connectivity index (χ4n) is 4.10. The van der Waals surface area contributed by atoms with Gasteiger partial charge in [0, 0.05) is 53.8 Å². The number of hydrogen-bond acceptors (Lipinski definition) is 10. The van der Waals surface area contributed by atoms with Gasteiger partial charge in [-0.25, -0.2) is 14.8 Å². The molecule has 208 valence electrons. The van der Waals surface area contributed by atoms with Crippen LogP contribution in [0.25, 0.3) is 0 Å². The van der Waals surface area contributed by atoms with Crippen LogP contribution in [-0.4, -0.2) is 56.1 Å². The first-order valence-corrected chi connectivity index (χ1v) is 14.7. The molecule has 1 amide bonds. The van der Waals surface area contributed by atoms with Crippen molar-refractivity contribution in [1.82, 2.24) is 9.97 Å². The van der Waals surface area contributed by atoms with Gasteiger partial charge >= 0.3 is 6.09 Å². The molecule has 1 fully saturated rings. The Hall–Kier alpha value is -3.28. The highest BCUT2D eigenvalue weighted by atomic mass is 32.2. The number of thioether (sulfide) groups is 1. The highest BCUT2D eigenvalue weighted by Gasteiger charge is 2.15. The van der Waals surface area contributed by atoms with Crippen molar-refractivity contribution in [2.24, 2.45) is 0 Å². The minimum atomic E-state index is -0.550. The van der Waals surface area contributed by atoms with E-state index in [4.69, 9.17) is 24.2 Å². The predicted molar refractivity (Wildman–Crippen MR) is 159 cm³/mol. The number of carbonyl (C=O) groups excluding carboxylic acids is 1. The number of anilines is 3. The van der Waals surface area contributed by atoms with Crippen molar-refractivity contribution in [3.63, 3.8) is 0 Å². The number of nitrogens with one attached hydrogen (secondary N) is 2. The summed E-state index contributed by atoms with van der Waals surface area (Å²) >= 11 is 3.48. The van der Waals surface area contributed by atoms with Crippen molar-refractivity contribution in [2.45, 2.75) is 36.9 Å². The van der Waals surface area contributed by atoms with Crippen LogP contribution in [-0.2, 0) is 28.2 Å². The standard InChI is InChI=1S/C28H35N5O4S2/c1-5-9-37-27(34)32-21-12-20(13-24(15-21)35-4)17-29-26-16-23(33-7-10-36-11-8-33)14-22(31-26)18-38-28-30-19(3)25(6-2)39-28/h5,12-16H,1,6-11,17-18H2,2-4H3,(H,29,31)(H,32,34). The van der Waals surface area contributed by atoms with E-state index in [9.17, 15) is 4.79 Å². The molecule has 0 aliphatic carbocycles. The fourth-order valence-corrected chi connectivity index (χ4v) is 6.17. The van der Waals surface area contributed by atoms with Crippen LogP contribution in [0.15, 0.2) is 47.3 Å². The Morgan fingerprint density at radius 2 is 2.05 bits per heavy atom. The van der Waals surface area contributed by atoms with E-state index in [2.05, 4.69) is 48.1 Å². The van der Waals surface area contributed by atoms with Crippen LogP contribution in [0.1, 0.15) is 28.8 Å². The molecule has 3 aromatic rings. The van der Waals surface area contributed by atoms with Gasteiger partial charge in [-0.15, -0.1) is 11.3 Å². The second kappa shape index (κ2) is 14.2. The predicted octanol–water partition coefficient (Wildman–Crippen LogP) is 5.89. The van der Waals surface area contributed by atoms with Crippen LogP contribution in [0.4, 0.5) is 22.0 Å². The SMILES string of the molecule is C=CCOC(=O)Nc1cc(CNc2cc(N3CCOCC3)cc(CSc3nc(C)c(CC)s3)n2)cc(OC)c1. The third-order valence-corrected chi connectivity index (χ3v) is 8.51. The molecule has 9 nitrogen and oxygen atoms in total. The molecule has 0 bridgehead atoms. The number of aryl methyl sites for hydroxylation is 2. The van der Waals surface area contributed by atoms with E-state index in [0.717, 1.165) is 58.1 Å². The zero-order chi connectivity index (χ0) is 27.6. The van der Waals surface area contributed by atoms with E-state index in [1.165, 1.54) is 11.0 Å². The maximum atomic E-state index is 12.0. The second-order valence-electron chi connectivity index (χ2n) is 8.87. The summed E-state index contributed by atoms with van der Waals surface area (Å²) in [7, 11) is 1.59. The van der Waals surface area contributed by atoms with Crippen molar-refractivity contribution in [3.05, 3.63) is 64.8 Å². The van der Waals surface area contributed by atoms with Crippen LogP contribution >= 0.6 is 23.1 Å². The van der Waals surface area contributed by atoms with Gasteiger partial charge in [0.1, 0.15) is 18.2 Å². The maximum absolute atomic E-state index is 12.0. The smallest absolute Gasteiger partial charge is 0.411 e. The molecule has 11 heteroatoms. The lowest BCUT2D eigenvalue weighted by molar-refractivity contribution is 0.122. The number of aromatic nitrogens is 2. The number of pyridine rings is 1. The monoisotopic (exact) mass is 569 g/mol. The quantitative estimate of drug-likeness (QED) is 0.204.